The van der Waals surface area contributed by atoms with Crippen LogP contribution in [0, 0.1) is 19.7 Å². The molecule has 0 aliphatic carbocycles. The predicted molar refractivity (Wildman–Crippen MR) is 90.0 cm³/mol. The molecule has 1 aliphatic rings. The van der Waals surface area contributed by atoms with E-state index in [1.54, 1.807) is 19.1 Å². The number of nitrogens with zero attached hydrogens (tertiary/aromatic N) is 1. The molecule has 120 valence electrons. The van der Waals surface area contributed by atoms with Crippen molar-refractivity contribution < 1.29 is 9.18 Å². The monoisotopic (exact) mass is 312 g/mol. The molecule has 0 aromatic heterocycles. The summed E-state index contributed by atoms with van der Waals surface area (Å²) in [5.41, 5.74) is 3.42. The second-order valence-electron chi connectivity index (χ2n) is 6.16. The Bertz CT molecular complexity index is 712. The fourth-order valence-corrected chi connectivity index (χ4v) is 3.01. The van der Waals surface area contributed by atoms with Crippen LogP contribution in [0.1, 0.15) is 35.6 Å². The molecule has 23 heavy (non-hydrogen) atoms. The van der Waals surface area contributed by atoms with Gasteiger partial charge in [0.25, 0.3) is 0 Å². The van der Waals surface area contributed by atoms with Crippen LogP contribution in [0.3, 0.4) is 0 Å². The third-order valence-electron chi connectivity index (χ3n) is 4.40. The predicted octanol–water partition coefficient (Wildman–Crippen LogP) is 4.81. The van der Waals surface area contributed by atoms with Crippen molar-refractivity contribution in [3.63, 3.8) is 0 Å². The number of halogens is 1. The third-order valence-corrected chi connectivity index (χ3v) is 4.40. The number of rotatable bonds is 2. The van der Waals surface area contributed by atoms with Crippen molar-refractivity contribution in [3.8, 4) is 0 Å². The lowest BCUT2D eigenvalue weighted by molar-refractivity contribution is 0.207. The van der Waals surface area contributed by atoms with Crippen molar-refractivity contribution >= 4 is 11.7 Å². The highest BCUT2D eigenvalue weighted by Gasteiger charge is 2.29. The summed E-state index contributed by atoms with van der Waals surface area (Å²) in [6, 6.07) is 13.0. The normalized spacial score (nSPS) is 17.3. The Morgan fingerprint density at radius 3 is 2.61 bits per heavy atom. The molecule has 2 aromatic rings. The second kappa shape index (κ2) is 6.41. The van der Waals surface area contributed by atoms with Gasteiger partial charge in [0.1, 0.15) is 5.82 Å². The van der Waals surface area contributed by atoms with Crippen LogP contribution < -0.4 is 5.32 Å². The first-order valence-corrected chi connectivity index (χ1v) is 7.95. The highest BCUT2D eigenvalue weighted by molar-refractivity contribution is 5.89. The number of urea groups is 1. The summed E-state index contributed by atoms with van der Waals surface area (Å²) < 4.78 is 13.6. The molecule has 1 atom stereocenters. The molecule has 4 heteroatoms. The lowest BCUT2D eigenvalue weighted by Gasteiger charge is -2.25. The summed E-state index contributed by atoms with van der Waals surface area (Å²) in [5.74, 6) is -0.306. The first kappa shape index (κ1) is 15.5. The SMILES string of the molecule is Cc1ccc([C@H]2CCCN2C(=O)Nc2ccc(C)c(F)c2)cc1. The Morgan fingerprint density at radius 2 is 1.91 bits per heavy atom. The van der Waals surface area contributed by atoms with E-state index in [2.05, 4.69) is 36.5 Å². The lowest BCUT2D eigenvalue weighted by Crippen LogP contribution is -2.34. The van der Waals surface area contributed by atoms with Crippen LogP contribution in [0.25, 0.3) is 0 Å². The Labute approximate surface area is 136 Å². The van der Waals surface area contributed by atoms with Crippen molar-refractivity contribution in [2.75, 3.05) is 11.9 Å². The van der Waals surface area contributed by atoms with E-state index >= 15 is 0 Å². The average molecular weight is 312 g/mol. The summed E-state index contributed by atoms with van der Waals surface area (Å²) in [6.45, 7) is 4.47. The van der Waals surface area contributed by atoms with Gasteiger partial charge < -0.3 is 10.2 Å². The molecule has 1 fully saturated rings. The molecule has 0 spiro atoms. The van der Waals surface area contributed by atoms with E-state index in [-0.39, 0.29) is 17.9 Å². The van der Waals surface area contributed by atoms with Gasteiger partial charge in [0.2, 0.25) is 0 Å². The van der Waals surface area contributed by atoms with Gasteiger partial charge in [0.15, 0.2) is 0 Å². The van der Waals surface area contributed by atoms with Crippen molar-refractivity contribution in [1.82, 2.24) is 4.90 Å². The molecular weight excluding hydrogens is 291 g/mol. The van der Waals surface area contributed by atoms with Gasteiger partial charge in [-0.05, 0) is 49.9 Å². The molecule has 0 bridgehead atoms. The third kappa shape index (κ3) is 3.36. The standard InChI is InChI=1S/C19H21FN2O/c1-13-5-8-15(9-6-13)18-4-3-11-22(18)19(23)21-16-10-7-14(2)17(20)12-16/h5-10,12,18H,3-4,11H2,1-2H3,(H,21,23)/t18-/m1/s1. The number of amides is 2. The van der Waals surface area contributed by atoms with Gasteiger partial charge >= 0.3 is 6.03 Å². The molecule has 0 unspecified atom stereocenters. The van der Waals surface area contributed by atoms with Crippen molar-refractivity contribution in [2.24, 2.45) is 0 Å². The van der Waals surface area contributed by atoms with Crippen LogP contribution >= 0.6 is 0 Å². The van der Waals surface area contributed by atoms with E-state index in [1.807, 2.05) is 4.90 Å². The summed E-state index contributed by atoms with van der Waals surface area (Å²) in [6.07, 6.45) is 1.94. The number of carbonyl (C=O) groups is 1. The lowest BCUT2D eigenvalue weighted by atomic mass is 10.0. The summed E-state index contributed by atoms with van der Waals surface area (Å²) in [5, 5.41) is 2.81. The van der Waals surface area contributed by atoms with Gasteiger partial charge in [-0.25, -0.2) is 9.18 Å². The Kier molecular flexibility index (Phi) is 4.33. The number of hydrogen-bond donors (Lipinski definition) is 1. The van der Waals surface area contributed by atoms with E-state index in [4.69, 9.17) is 0 Å². The van der Waals surface area contributed by atoms with E-state index < -0.39 is 0 Å². The van der Waals surface area contributed by atoms with Gasteiger partial charge in [0.05, 0.1) is 6.04 Å². The van der Waals surface area contributed by atoms with Gasteiger partial charge in [-0.3, -0.25) is 0 Å². The number of anilines is 1. The number of hydrogen-bond acceptors (Lipinski definition) is 1. The number of carbonyl (C=O) groups excluding carboxylic acids is 1. The molecule has 1 aliphatic heterocycles. The summed E-state index contributed by atoms with van der Waals surface area (Å²) >= 11 is 0. The molecule has 2 amide bonds. The zero-order valence-electron chi connectivity index (χ0n) is 13.5. The van der Waals surface area contributed by atoms with Crippen LogP contribution in [-0.4, -0.2) is 17.5 Å². The van der Waals surface area contributed by atoms with Crippen LogP contribution in [0.2, 0.25) is 0 Å². The summed E-state index contributed by atoms with van der Waals surface area (Å²) in [7, 11) is 0. The molecular formula is C19H21FN2O. The Morgan fingerprint density at radius 1 is 1.17 bits per heavy atom. The molecule has 1 heterocycles. The fourth-order valence-electron chi connectivity index (χ4n) is 3.01. The van der Waals surface area contributed by atoms with E-state index in [9.17, 15) is 9.18 Å². The van der Waals surface area contributed by atoms with Crippen molar-refractivity contribution in [1.29, 1.82) is 0 Å². The smallest absolute Gasteiger partial charge is 0.317 e. The zero-order chi connectivity index (χ0) is 16.4. The first-order chi connectivity index (χ1) is 11.0. The maximum atomic E-state index is 13.6. The van der Waals surface area contributed by atoms with Crippen molar-refractivity contribution in [3.05, 3.63) is 65.0 Å². The largest absolute Gasteiger partial charge is 0.322 e. The van der Waals surface area contributed by atoms with E-state index in [0.29, 0.717) is 11.3 Å². The highest BCUT2D eigenvalue weighted by atomic mass is 19.1. The fraction of sp³-hybridized carbons (Fsp3) is 0.316. The Hall–Kier alpha value is -2.36. The number of nitrogens with one attached hydrogen (secondary N) is 1. The molecule has 1 saturated heterocycles. The van der Waals surface area contributed by atoms with Crippen LogP contribution in [0.4, 0.5) is 14.9 Å². The van der Waals surface area contributed by atoms with Gasteiger partial charge in [-0.15, -0.1) is 0 Å². The second-order valence-corrected chi connectivity index (χ2v) is 6.16. The van der Waals surface area contributed by atoms with Crippen molar-refractivity contribution in [2.45, 2.75) is 32.7 Å². The van der Waals surface area contributed by atoms with Gasteiger partial charge in [-0.2, -0.15) is 0 Å². The number of benzene rings is 2. The molecule has 0 saturated carbocycles. The molecule has 3 nitrogen and oxygen atoms in total. The number of aryl methyl sites for hydroxylation is 2. The maximum Gasteiger partial charge on any atom is 0.322 e. The van der Waals surface area contributed by atoms with E-state index in [1.165, 1.54) is 11.6 Å². The van der Waals surface area contributed by atoms with Crippen LogP contribution in [0.15, 0.2) is 42.5 Å². The van der Waals surface area contributed by atoms with Gasteiger partial charge in [-0.1, -0.05) is 35.9 Å². The average Bonchev–Trinajstić information content (AvgIpc) is 3.01. The summed E-state index contributed by atoms with van der Waals surface area (Å²) in [4.78, 5) is 14.4. The molecule has 1 N–H and O–H groups in total. The minimum Gasteiger partial charge on any atom is -0.317 e. The minimum absolute atomic E-state index is 0.0888. The van der Waals surface area contributed by atoms with Crippen LogP contribution in [-0.2, 0) is 0 Å². The van der Waals surface area contributed by atoms with Crippen LogP contribution in [0.5, 0.6) is 0 Å². The highest BCUT2D eigenvalue weighted by Crippen LogP contribution is 2.32. The quantitative estimate of drug-likeness (QED) is 0.848. The maximum absolute atomic E-state index is 13.6. The Balaban J connectivity index is 1.75. The van der Waals surface area contributed by atoms with Gasteiger partial charge in [0, 0.05) is 12.2 Å². The topological polar surface area (TPSA) is 32.3 Å². The molecule has 3 rings (SSSR count). The minimum atomic E-state index is -0.306. The van der Waals surface area contributed by atoms with E-state index in [0.717, 1.165) is 24.9 Å². The molecule has 0 radical (unpaired) electrons. The number of likely N-dealkylation sites (tertiary alicyclic amines) is 1. The molecule has 2 aromatic carbocycles. The zero-order valence-corrected chi connectivity index (χ0v) is 13.5. The first-order valence-electron chi connectivity index (χ1n) is 7.95.